The first-order valence-electron chi connectivity index (χ1n) is 8.57. The van der Waals surface area contributed by atoms with Crippen LogP contribution in [0, 0.1) is 5.92 Å². The Kier molecular flexibility index (Phi) is 3.99. The Morgan fingerprint density at radius 3 is 2.83 bits per heavy atom. The summed E-state index contributed by atoms with van der Waals surface area (Å²) < 4.78 is 3.26. The summed E-state index contributed by atoms with van der Waals surface area (Å²) in [6.07, 6.45) is 7.83. The van der Waals surface area contributed by atoms with Crippen molar-refractivity contribution < 1.29 is 4.79 Å². The lowest BCUT2D eigenvalue weighted by atomic mass is 9.92. The normalized spacial score (nSPS) is 21.2. The number of carbonyl (C=O) groups is 1. The second-order valence-electron chi connectivity index (χ2n) is 7.25. The molecule has 1 aromatic heterocycles. The van der Waals surface area contributed by atoms with Crippen molar-refractivity contribution in [3.63, 3.8) is 0 Å². The smallest absolute Gasteiger partial charge is 0.225 e. The highest BCUT2D eigenvalue weighted by atomic mass is 79.9. The van der Waals surface area contributed by atoms with Gasteiger partial charge < -0.3 is 9.47 Å². The van der Waals surface area contributed by atoms with Crippen LogP contribution < -0.4 is 0 Å². The van der Waals surface area contributed by atoms with Gasteiger partial charge in [0, 0.05) is 54.3 Å². The number of aromatic nitrogens is 2. The molecule has 0 spiro atoms. The quantitative estimate of drug-likeness (QED) is 0.805. The van der Waals surface area contributed by atoms with Gasteiger partial charge in [-0.05, 0) is 37.0 Å². The fourth-order valence-electron chi connectivity index (χ4n) is 3.92. The van der Waals surface area contributed by atoms with E-state index < -0.39 is 0 Å². The first kappa shape index (κ1) is 15.9. The number of hydrogen-bond acceptors (Lipinski definition) is 2. The van der Waals surface area contributed by atoms with Crippen LogP contribution in [0.5, 0.6) is 0 Å². The van der Waals surface area contributed by atoms with Crippen molar-refractivity contribution in [1.82, 2.24) is 14.5 Å². The monoisotopic (exact) mass is 387 g/mol. The van der Waals surface area contributed by atoms with Crippen LogP contribution >= 0.6 is 15.9 Å². The van der Waals surface area contributed by atoms with Crippen LogP contribution in [0.4, 0.5) is 0 Å². The number of imidazole rings is 1. The maximum absolute atomic E-state index is 12.9. The third kappa shape index (κ3) is 2.90. The minimum Gasteiger partial charge on any atom is -0.345 e. The molecular formula is C19H22BrN3O. The number of rotatable bonds is 4. The summed E-state index contributed by atoms with van der Waals surface area (Å²) in [7, 11) is 1.97. The number of nitrogens with zero attached hydrogens (tertiary/aromatic N) is 3. The molecule has 1 aliphatic carbocycles. The summed E-state index contributed by atoms with van der Waals surface area (Å²) in [6.45, 7) is 1.72. The van der Waals surface area contributed by atoms with Gasteiger partial charge in [-0.2, -0.15) is 0 Å². The van der Waals surface area contributed by atoms with Gasteiger partial charge >= 0.3 is 0 Å². The number of aryl methyl sites for hydroxylation is 1. The minimum atomic E-state index is 0.0971. The fraction of sp³-hybridized carbons (Fsp3) is 0.474. The van der Waals surface area contributed by atoms with E-state index >= 15 is 0 Å². The zero-order chi connectivity index (χ0) is 16.7. The van der Waals surface area contributed by atoms with Crippen LogP contribution in [0.2, 0.25) is 0 Å². The number of carbonyl (C=O) groups excluding carboxylic acids is 1. The molecule has 1 aliphatic heterocycles. The van der Waals surface area contributed by atoms with Crippen LogP contribution in [0.15, 0.2) is 41.3 Å². The van der Waals surface area contributed by atoms with Crippen LogP contribution in [-0.2, 0) is 23.2 Å². The Morgan fingerprint density at radius 1 is 1.38 bits per heavy atom. The van der Waals surface area contributed by atoms with Crippen molar-refractivity contribution in [1.29, 1.82) is 0 Å². The van der Waals surface area contributed by atoms with E-state index in [4.69, 9.17) is 0 Å². The van der Waals surface area contributed by atoms with E-state index in [0.29, 0.717) is 0 Å². The standard InChI is InChI=1S/C19H22BrN3O/c1-22(12-19(7-8-19)15-2-4-16(20)5-3-15)18(24)14-6-9-23-13-21-11-17(23)10-14/h2-5,11,13-14H,6-10,12H2,1H3/t14-/m0/s1. The largest absolute Gasteiger partial charge is 0.345 e. The number of fused-ring (bicyclic) bond motifs is 1. The van der Waals surface area contributed by atoms with Gasteiger partial charge in [0.25, 0.3) is 0 Å². The molecule has 1 aromatic carbocycles. The van der Waals surface area contributed by atoms with E-state index in [-0.39, 0.29) is 17.2 Å². The Balaban J connectivity index is 1.43. The predicted molar refractivity (Wildman–Crippen MR) is 96.7 cm³/mol. The van der Waals surface area contributed by atoms with Gasteiger partial charge in [0.15, 0.2) is 0 Å². The van der Waals surface area contributed by atoms with Gasteiger partial charge in [0.1, 0.15) is 0 Å². The predicted octanol–water partition coefficient (Wildman–Crippen LogP) is 3.40. The molecule has 4 rings (SSSR count). The van der Waals surface area contributed by atoms with E-state index in [1.165, 1.54) is 24.1 Å². The molecule has 2 heterocycles. The summed E-state index contributed by atoms with van der Waals surface area (Å²) in [4.78, 5) is 19.1. The highest BCUT2D eigenvalue weighted by Crippen LogP contribution is 2.49. The Morgan fingerprint density at radius 2 is 2.12 bits per heavy atom. The molecule has 4 nitrogen and oxygen atoms in total. The van der Waals surface area contributed by atoms with Gasteiger partial charge in [-0.1, -0.05) is 28.1 Å². The zero-order valence-corrected chi connectivity index (χ0v) is 15.5. The summed E-state index contributed by atoms with van der Waals surface area (Å²) in [5.74, 6) is 0.380. The molecular weight excluding hydrogens is 366 g/mol. The van der Waals surface area contributed by atoms with Crippen molar-refractivity contribution in [2.24, 2.45) is 5.92 Å². The van der Waals surface area contributed by atoms with Gasteiger partial charge in [0.2, 0.25) is 5.91 Å². The average Bonchev–Trinajstić information content (AvgIpc) is 3.21. The molecule has 0 N–H and O–H groups in total. The van der Waals surface area contributed by atoms with Crippen molar-refractivity contribution in [2.75, 3.05) is 13.6 Å². The summed E-state index contributed by atoms with van der Waals surface area (Å²) in [5.41, 5.74) is 2.70. The minimum absolute atomic E-state index is 0.0971. The number of benzene rings is 1. The molecule has 126 valence electrons. The number of likely N-dealkylation sites (N-methyl/N-ethyl adjacent to an activating group) is 1. The van der Waals surface area contributed by atoms with Crippen molar-refractivity contribution in [3.05, 3.63) is 52.5 Å². The van der Waals surface area contributed by atoms with Crippen LogP contribution in [0.3, 0.4) is 0 Å². The van der Waals surface area contributed by atoms with E-state index in [0.717, 1.165) is 30.4 Å². The lowest BCUT2D eigenvalue weighted by Gasteiger charge is -2.30. The molecule has 0 unspecified atom stereocenters. The zero-order valence-electron chi connectivity index (χ0n) is 13.9. The molecule has 2 aromatic rings. The molecule has 0 saturated heterocycles. The topological polar surface area (TPSA) is 38.1 Å². The average molecular weight is 388 g/mol. The molecule has 0 radical (unpaired) electrons. The Bertz CT molecular complexity index is 748. The first-order valence-corrected chi connectivity index (χ1v) is 9.37. The maximum Gasteiger partial charge on any atom is 0.225 e. The lowest BCUT2D eigenvalue weighted by molar-refractivity contribution is -0.135. The van der Waals surface area contributed by atoms with E-state index in [1.807, 2.05) is 24.5 Å². The van der Waals surface area contributed by atoms with E-state index in [2.05, 4.69) is 49.7 Å². The first-order chi connectivity index (χ1) is 11.6. The second kappa shape index (κ2) is 6.03. The van der Waals surface area contributed by atoms with Gasteiger partial charge in [-0.25, -0.2) is 4.98 Å². The highest BCUT2D eigenvalue weighted by Gasteiger charge is 2.46. The van der Waals surface area contributed by atoms with Crippen LogP contribution in [-0.4, -0.2) is 34.0 Å². The van der Waals surface area contributed by atoms with Crippen LogP contribution in [0.25, 0.3) is 0 Å². The SMILES string of the molecule is CN(CC1(c2ccc(Br)cc2)CC1)C(=O)[C@H]1CCn2cncc2C1. The van der Waals surface area contributed by atoms with Crippen molar-refractivity contribution >= 4 is 21.8 Å². The maximum atomic E-state index is 12.9. The Hall–Kier alpha value is -1.62. The summed E-state index contributed by atoms with van der Waals surface area (Å²) in [5, 5.41) is 0. The molecule has 5 heteroatoms. The Labute approximate surface area is 151 Å². The van der Waals surface area contributed by atoms with Gasteiger partial charge in [0.05, 0.1) is 6.33 Å². The highest BCUT2D eigenvalue weighted by molar-refractivity contribution is 9.10. The molecule has 1 saturated carbocycles. The second-order valence-corrected chi connectivity index (χ2v) is 8.17. The fourth-order valence-corrected chi connectivity index (χ4v) is 4.18. The third-order valence-electron chi connectivity index (χ3n) is 5.55. The van der Waals surface area contributed by atoms with Crippen LogP contribution in [0.1, 0.15) is 30.5 Å². The molecule has 24 heavy (non-hydrogen) atoms. The molecule has 1 amide bonds. The van der Waals surface area contributed by atoms with E-state index in [1.54, 1.807) is 0 Å². The molecule has 0 bridgehead atoms. The lowest BCUT2D eigenvalue weighted by Crippen LogP contribution is -2.40. The van der Waals surface area contributed by atoms with E-state index in [9.17, 15) is 4.79 Å². The summed E-state index contributed by atoms with van der Waals surface area (Å²) >= 11 is 3.50. The van der Waals surface area contributed by atoms with Crippen molar-refractivity contribution in [2.45, 2.75) is 37.6 Å². The third-order valence-corrected chi connectivity index (χ3v) is 6.08. The number of halogens is 1. The van der Waals surface area contributed by atoms with Gasteiger partial charge in [-0.15, -0.1) is 0 Å². The van der Waals surface area contributed by atoms with Gasteiger partial charge in [-0.3, -0.25) is 4.79 Å². The molecule has 2 aliphatic rings. The summed E-state index contributed by atoms with van der Waals surface area (Å²) in [6, 6.07) is 8.57. The molecule has 1 atom stereocenters. The van der Waals surface area contributed by atoms with Crippen molar-refractivity contribution in [3.8, 4) is 0 Å². The number of hydrogen-bond donors (Lipinski definition) is 0. The molecule has 1 fully saturated rings. The number of amides is 1.